The molecule has 190 valence electrons. The number of methoxy groups -OCH3 is 1. The first-order valence-electron chi connectivity index (χ1n) is 11.8. The van der Waals surface area contributed by atoms with Crippen LogP contribution in [0.25, 0.3) is 10.2 Å². The van der Waals surface area contributed by atoms with Crippen LogP contribution in [0.2, 0.25) is 0 Å². The largest absolute Gasteiger partial charge is 0.495 e. The van der Waals surface area contributed by atoms with Gasteiger partial charge in [-0.1, -0.05) is 18.2 Å². The van der Waals surface area contributed by atoms with E-state index in [1.165, 1.54) is 18.0 Å². The maximum absolute atomic E-state index is 13.3. The SMILES string of the molecule is COc1ccccc1NC(=O)c1sc2ncn(CC(=O)N3CCN(c4ccccn4)CC3)c(=O)c2c1C. The van der Waals surface area contributed by atoms with Crippen molar-refractivity contribution in [2.75, 3.05) is 43.5 Å². The molecule has 1 fully saturated rings. The summed E-state index contributed by atoms with van der Waals surface area (Å²) in [5.74, 6) is 0.928. The molecule has 1 aliphatic rings. The van der Waals surface area contributed by atoms with Gasteiger partial charge < -0.3 is 19.9 Å². The molecule has 1 saturated heterocycles. The third-order valence-electron chi connectivity index (χ3n) is 6.39. The van der Waals surface area contributed by atoms with E-state index in [9.17, 15) is 14.4 Å². The molecule has 4 heterocycles. The molecular formula is C26H26N6O4S. The van der Waals surface area contributed by atoms with Gasteiger partial charge in [-0.25, -0.2) is 9.97 Å². The number of fused-ring (bicyclic) bond motifs is 1. The van der Waals surface area contributed by atoms with E-state index in [0.29, 0.717) is 58.3 Å². The van der Waals surface area contributed by atoms with Crippen molar-refractivity contribution in [2.45, 2.75) is 13.5 Å². The Labute approximate surface area is 217 Å². The lowest BCUT2D eigenvalue weighted by atomic mass is 10.2. The van der Waals surface area contributed by atoms with E-state index in [0.717, 1.165) is 17.2 Å². The molecule has 4 aromatic rings. The second-order valence-corrected chi connectivity index (χ2v) is 9.62. The van der Waals surface area contributed by atoms with Gasteiger partial charge in [-0.2, -0.15) is 0 Å². The fourth-order valence-corrected chi connectivity index (χ4v) is 5.42. The number of amides is 2. The Balaban J connectivity index is 1.31. The van der Waals surface area contributed by atoms with E-state index in [2.05, 4.69) is 20.2 Å². The van der Waals surface area contributed by atoms with Gasteiger partial charge >= 0.3 is 0 Å². The average molecular weight is 519 g/mol. The molecular weight excluding hydrogens is 492 g/mol. The number of nitrogens with zero attached hydrogens (tertiary/aromatic N) is 5. The van der Waals surface area contributed by atoms with E-state index in [-0.39, 0.29) is 23.9 Å². The van der Waals surface area contributed by atoms with Crippen LogP contribution in [-0.4, -0.2) is 64.5 Å². The third kappa shape index (κ3) is 4.90. The molecule has 0 atom stereocenters. The van der Waals surface area contributed by atoms with Gasteiger partial charge in [0.15, 0.2) is 0 Å². The molecule has 5 rings (SSSR count). The number of rotatable bonds is 6. The summed E-state index contributed by atoms with van der Waals surface area (Å²) in [6.07, 6.45) is 3.13. The Morgan fingerprint density at radius 2 is 1.81 bits per heavy atom. The maximum Gasteiger partial charge on any atom is 0.266 e. The zero-order chi connectivity index (χ0) is 25.9. The van der Waals surface area contributed by atoms with Gasteiger partial charge in [-0.05, 0) is 36.8 Å². The Bertz CT molecular complexity index is 1510. The van der Waals surface area contributed by atoms with Gasteiger partial charge in [0, 0.05) is 32.4 Å². The molecule has 1 aliphatic heterocycles. The fraction of sp³-hybridized carbons (Fsp3) is 0.269. The van der Waals surface area contributed by atoms with Crippen LogP contribution in [0, 0.1) is 6.92 Å². The minimum atomic E-state index is -0.349. The molecule has 1 aromatic carbocycles. The summed E-state index contributed by atoms with van der Waals surface area (Å²) in [5, 5.41) is 3.20. The number of nitrogens with one attached hydrogen (secondary N) is 1. The Morgan fingerprint density at radius 3 is 2.54 bits per heavy atom. The number of anilines is 2. The van der Waals surface area contributed by atoms with Crippen LogP contribution < -0.4 is 20.5 Å². The van der Waals surface area contributed by atoms with Crippen LogP contribution in [0.15, 0.2) is 59.8 Å². The summed E-state index contributed by atoms with van der Waals surface area (Å²) in [6.45, 7) is 4.05. The first-order valence-corrected chi connectivity index (χ1v) is 12.6. The van der Waals surface area contributed by atoms with Crippen LogP contribution in [0.1, 0.15) is 15.2 Å². The standard InChI is InChI=1S/C26H26N6O4S/c1-17-22-25(37-23(17)24(34)29-18-7-3-4-8-19(18)36-2)28-16-32(26(22)35)15-21(33)31-13-11-30(12-14-31)20-9-5-6-10-27-20/h3-10,16H,11-15H2,1-2H3,(H,29,34). The first-order chi connectivity index (χ1) is 18.0. The van der Waals surface area contributed by atoms with E-state index >= 15 is 0 Å². The first kappa shape index (κ1) is 24.4. The molecule has 1 N–H and O–H groups in total. The van der Waals surface area contributed by atoms with Crippen LogP contribution in [0.3, 0.4) is 0 Å². The lowest BCUT2D eigenvalue weighted by molar-refractivity contribution is -0.132. The molecule has 0 bridgehead atoms. The smallest absolute Gasteiger partial charge is 0.266 e. The van der Waals surface area contributed by atoms with Gasteiger partial charge in [0.2, 0.25) is 5.91 Å². The number of hydrogen-bond donors (Lipinski definition) is 1. The summed E-state index contributed by atoms with van der Waals surface area (Å²) in [5.41, 5.74) is 0.734. The normalized spacial score (nSPS) is 13.6. The van der Waals surface area contributed by atoms with E-state index in [1.54, 1.807) is 36.2 Å². The number of piperazine rings is 1. The molecule has 10 nitrogen and oxygen atoms in total. The lowest BCUT2D eigenvalue weighted by Crippen LogP contribution is -2.50. The van der Waals surface area contributed by atoms with E-state index in [4.69, 9.17) is 4.74 Å². The van der Waals surface area contributed by atoms with Gasteiger partial charge in [-0.15, -0.1) is 11.3 Å². The highest BCUT2D eigenvalue weighted by Gasteiger charge is 2.24. The minimum absolute atomic E-state index is 0.108. The molecule has 0 unspecified atom stereocenters. The number of aromatic nitrogens is 3. The minimum Gasteiger partial charge on any atom is -0.495 e. The van der Waals surface area contributed by atoms with Crippen LogP contribution >= 0.6 is 11.3 Å². The van der Waals surface area contributed by atoms with Gasteiger partial charge in [0.05, 0.1) is 29.4 Å². The number of carbonyl (C=O) groups is 2. The van der Waals surface area contributed by atoms with Crippen LogP contribution in [0.5, 0.6) is 5.75 Å². The van der Waals surface area contributed by atoms with E-state index < -0.39 is 0 Å². The van der Waals surface area contributed by atoms with Crippen molar-refractivity contribution >= 4 is 44.9 Å². The maximum atomic E-state index is 13.3. The Morgan fingerprint density at radius 1 is 1.05 bits per heavy atom. The topological polar surface area (TPSA) is 110 Å². The number of benzene rings is 1. The van der Waals surface area contributed by atoms with E-state index in [1.807, 2.05) is 24.3 Å². The fourth-order valence-electron chi connectivity index (χ4n) is 4.39. The van der Waals surface area contributed by atoms with Crippen molar-refractivity contribution < 1.29 is 14.3 Å². The van der Waals surface area contributed by atoms with Crippen molar-refractivity contribution in [2.24, 2.45) is 0 Å². The Kier molecular flexibility index (Phi) is 6.87. The van der Waals surface area contributed by atoms with Gasteiger partial charge in [0.1, 0.15) is 22.9 Å². The number of para-hydroxylation sites is 2. The average Bonchev–Trinajstić information content (AvgIpc) is 3.28. The lowest BCUT2D eigenvalue weighted by Gasteiger charge is -2.35. The molecule has 11 heteroatoms. The van der Waals surface area contributed by atoms with Crippen molar-refractivity contribution in [1.82, 2.24) is 19.4 Å². The summed E-state index contributed by atoms with van der Waals surface area (Å²) in [7, 11) is 1.53. The quantitative estimate of drug-likeness (QED) is 0.418. The number of pyridine rings is 1. The zero-order valence-electron chi connectivity index (χ0n) is 20.5. The second kappa shape index (κ2) is 10.4. The van der Waals surface area contributed by atoms with Crippen molar-refractivity contribution in [3.05, 3.63) is 75.8 Å². The van der Waals surface area contributed by atoms with Crippen molar-refractivity contribution in [3.8, 4) is 5.75 Å². The predicted octanol–water partition coefficient (Wildman–Crippen LogP) is 2.77. The highest BCUT2D eigenvalue weighted by atomic mass is 32.1. The summed E-state index contributed by atoms with van der Waals surface area (Å²) >= 11 is 1.15. The monoisotopic (exact) mass is 518 g/mol. The highest BCUT2D eigenvalue weighted by molar-refractivity contribution is 7.20. The molecule has 0 saturated carbocycles. The number of hydrogen-bond acceptors (Lipinski definition) is 8. The highest BCUT2D eigenvalue weighted by Crippen LogP contribution is 2.29. The molecule has 37 heavy (non-hydrogen) atoms. The second-order valence-electron chi connectivity index (χ2n) is 8.62. The Hall–Kier alpha value is -4.25. The third-order valence-corrected chi connectivity index (χ3v) is 7.59. The van der Waals surface area contributed by atoms with Gasteiger partial charge in [-0.3, -0.25) is 19.0 Å². The van der Waals surface area contributed by atoms with Crippen LogP contribution in [0.4, 0.5) is 11.5 Å². The van der Waals surface area contributed by atoms with Gasteiger partial charge in [0.25, 0.3) is 11.5 Å². The molecule has 3 aromatic heterocycles. The molecule has 0 spiro atoms. The summed E-state index contributed by atoms with van der Waals surface area (Å²) < 4.78 is 6.62. The number of ether oxygens (including phenoxy) is 1. The number of aryl methyl sites for hydroxylation is 1. The predicted molar refractivity (Wildman–Crippen MR) is 143 cm³/mol. The molecule has 2 amide bonds. The van der Waals surface area contributed by atoms with Crippen molar-refractivity contribution in [1.29, 1.82) is 0 Å². The number of thiophene rings is 1. The molecule has 0 radical (unpaired) electrons. The zero-order valence-corrected chi connectivity index (χ0v) is 21.3. The molecule has 0 aliphatic carbocycles. The van der Waals surface area contributed by atoms with Crippen molar-refractivity contribution in [3.63, 3.8) is 0 Å². The summed E-state index contributed by atoms with van der Waals surface area (Å²) in [6, 6.07) is 12.9. The number of carbonyl (C=O) groups excluding carboxylic acids is 2. The van der Waals surface area contributed by atoms with Crippen LogP contribution in [-0.2, 0) is 11.3 Å². The summed E-state index contributed by atoms with van der Waals surface area (Å²) in [4.78, 5) is 52.8.